The maximum absolute atomic E-state index is 11.9. The second-order valence-electron chi connectivity index (χ2n) is 4.79. The highest BCUT2D eigenvalue weighted by atomic mass is 32.2. The maximum atomic E-state index is 11.9. The van der Waals surface area contributed by atoms with E-state index in [-0.39, 0.29) is 5.25 Å². The fourth-order valence-corrected chi connectivity index (χ4v) is 2.50. The summed E-state index contributed by atoms with van der Waals surface area (Å²) >= 11 is 0. The number of sulfone groups is 1. The van der Waals surface area contributed by atoms with Crippen molar-refractivity contribution in [2.75, 3.05) is 11.9 Å². The largest absolute Gasteiger partial charge is 0.372 e. The van der Waals surface area contributed by atoms with E-state index in [1.54, 1.807) is 26.0 Å². The fourth-order valence-electron chi connectivity index (χ4n) is 1.44. The van der Waals surface area contributed by atoms with Crippen LogP contribution in [0, 0.1) is 0 Å². The predicted octanol–water partition coefficient (Wildman–Crippen LogP) is 2.71. The number of hydrogen-bond acceptors (Lipinski definition) is 3. The molecule has 96 valence electrons. The van der Waals surface area contributed by atoms with Gasteiger partial charge in [0.1, 0.15) is 0 Å². The zero-order valence-electron chi connectivity index (χ0n) is 11.1. The molecule has 0 spiro atoms. The van der Waals surface area contributed by atoms with Gasteiger partial charge in [0.05, 0.1) is 10.1 Å². The van der Waals surface area contributed by atoms with Crippen LogP contribution in [0.1, 0.15) is 27.7 Å². The molecule has 0 fully saturated rings. The first kappa shape index (κ1) is 14.0. The third kappa shape index (κ3) is 3.00. The van der Waals surface area contributed by atoms with E-state index >= 15 is 0 Å². The minimum Gasteiger partial charge on any atom is -0.372 e. The van der Waals surface area contributed by atoms with E-state index < -0.39 is 9.84 Å². The number of nitrogens with zero attached hydrogens (tertiary/aromatic N) is 1. The Morgan fingerprint density at radius 3 is 1.82 bits per heavy atom. The van der Waals surface area contributed by atoms with Crippen LogP contribution in [0.5, 0.6) is 0 Å². The minimum atomic E-state index is -3.16. The van der Waals surface area contributed by atoms with Crippen molar-refractivity contribution in [1.82, 2.24) is 0 Å². The van der Waals surface area contributed by atoms with Gasteiger partial charge in [-0.25, -0.2) is 8.42 Å². The third-order valence-electron chi connectivity index (χ3n) is 2.97. The standard InChI is InChI=1S/C13H21NO2S/c1-10(2)14(5)12-6-8-13(9-7-12)17(15,16)11(3)4/h6-11H,1-5H3. The van der Waals surface area contributed by atoms with Gasteiger partial charge in [-0.2, -0.15) is 0 Å². The van der Waals surface area contributed by atoms with Crippen LogP contribution in [0.4, 0.5) is 5.69 Å². The average molecular weight is 255 g/mol. The van der Waals surface area contributed by atoms with Crippen molar-refractivity contribution in [3.8, 4) is 0 Å². The summed E-state index contributed by atoms with van der Waals surface area (Å²) in [6.07, 6.45) is 0. The number of hydrogen-bond donors (Lipinski definition) is 0. The number of benzene rings is 1. The molecule has 1 aromatic carbocycles. The molecule has 0 radical (unpaired) electrons. The lowest BCUT2D eigenvalue weighted by molar-refractivity contribution is 0.587. The predicted molar refractivity (Wildman–Crippen MR) is 72.3 cm³/mol. The normalized spacial score (nSPS) is 12.2. The van der Waals surface area contributed by atoms with Crippen molar-refractivity contribution in [2.45, 2.75) is 43.9 Å². The van der Waals surface area contributed by atoms with Gasteiger partial charge in [0.2, 0.25) is 0 Å². The van der Waals surface area contributed by atoms with Crippen LogP contribution < -0.4 is 4.90 Å². The van der Waals surface area contributed by atoms with E-state index in [0.29, 0.717) is 10.9 Å². The first-order valence-electron chi connectivity index (χ1n) is 5.83. The van der Waals surface area contributed by atoms with Crippen LogP contribution in [-0.2, 0) is 9.84 Å². The van der Waals surface area contributed by atoms with Crippen LogP contribution in [0.3, 0.4) is 0 Å². The van der Waals surface area contributed by atoms with Gasteiger partial charge in [0.15, 0.2) is 9.84 Å². The Hall–Kier alpha value is -1.03. The Morgan fingerprint density at radius 1 is 1.00 bits per heavy atom. The van der Waals surface area contributed by atoms with Crippen LogP contribution in [0.2, 0.25) is 0 Å². The van der Waals surface area contributed by atoms with Crippen molar-refractivity contribution in [3.05, 3.63) is 24.3 Å². The molecule has 0 aliphatic rings. The SMILES string of the molecule is CC(C)N(C)c1ccc(S(=O)(=O)C(C)C)cc1. The highest BCUT2D eigenvalue weighted by molar-refractivity contribution is 7.92. The summed E-state index contributed by atoms with van der Waals surface area (Å²) in [7, 11) is -1.16. The highest BCUT2D eigenvalue weighted by Crippen LogP contribution is 2.21. The smallest absolute Gasteiger partial charge is 0.180 e. The van der Waals surface area contributed by atoms with Gasteiger partial charge in [-0.05, 0) is 52.0 Å². The summed E-state index contributed by atoms with van der Waals surface area (Å²) in [6.45, 7) is 7.59. The van der Waals surface area contributed by atoms with Gasteiger partial charge < -0.3 is 4.90 Å². The van der Waals surface area contributed by atoms with E-state index in [9.17, 15) is 8.42 Å². The molecule has 17 heavy (non-hydrogen) atoms. The zero-order valence-corrected chi connectivity index (χ0v) is 12.0. The van der Waals surface area contributed by atoms with Crippen molar-refractivity contribution in [3.63, 3.8) is 0 Å². The molecule has 0 N–H and O–H groups in total. The maximum Gasteiger partial charge on any atom is 0.180 e. The van der Waals surface area contributed by atoms with Gasteiger partial charge in [-0.3, -0.25) is 0 Å². The van der Waals surface area contributed by atoms with E-state index in [1.165, 1.54) is 0 Å². The second kappa shape index (κ2) is 5.08. The highest BCUT2D eigenvalue weighted by Gasteiger charge is 2.19. The van der Waals surface area contributed by atoms with E-state index in [0.717, 1.165) is 5.69 Å². The molecule has 1 rings (SSSR count). The molecule has 0 aliphatic carbocycles. The molecule has 4 heteroatoms. The lowest BCUT2D eigenvalue weighted by Crippen LogP contribution is -2.25. The summed E-state index contributed by atoms with van der Waals surface area (Å²) in [5.74, 6) is 0. The Labute approximate surface area is 104 Å². The average Bonchev–Trinajstić information content (AvgIpc) is 2.27. The molecule has 0 amide bonds. The van der Waals surface area contributed by atoms with Crippen LogP contribution in [-0.4, -0.2) is 26.8 Å². The van der Waals surface area contributed by atoms with E-state index in [4.69, 9.17) is 0 Å². The summed E-state index contributed by atoms with van der Waals surface area (Å²) in [5.41, 5.74) is 1.03. The van der Waals surface area contributed by atoms with E-state index in [2.05, 4.69) is 18.7 Å². The second-order valence-corrected chi connectivity index (χ2v) is 7.30. The topological polar surface area (TPSA) is 37.4 Å². The quantitative estimate of drug-likeness (QED) is 0.830. The van der Waals surface area contributed by atoms with Gasteiger partial charge in [-0.1, -0.05) is 0 Å². The van der Waals surface area contributed by atoms with Gasteiger partial charge in [0.25, 0.3) is 0 Å². The lowest BCUT2D eigenvalue weighted by atomic mass is 10.2. The Morgan fingerprint density at radius 2 is 1.47 bits per heavy atom. The van der Waals surface area contributed by atoms with Gasteiger partial charge in [0, 0.05) is 18.8 Å². The Kier molecular flexibility index (Phi) is 4.20. The number of rotatable bonds is 4. The van der Waals surface area contributed by atoms with Gasteiger partial charge >= 0.3 is 0 Å². The molecule has 0 saturated heterocycles. The first-order valence-corrected chi connectivity index (χ1v) is 7.38. The molecule has 0 heterocycles. The first-order chi connectivity index (χ1) is 7.76. The molecule has 0 aromatic heterocycles. The molecular formula is C13H21NO2S. The van der Waals surface area contributed by atoms with Gasteiger partial charge in [-0.15, -0.1) is 0 Å². The molecule has 0 atom stereocenters. The monoisotopic (exact) mass is 255 g/mol. The Balaban J connectivity index is 3.05. The lowest BCUT2D eigenvalue weighted by Gasteiger charge is -2.24. The van der Waals surface area contributed by atoms with Crippen molar-refractivity contribution in [1.29, 1.82) is 0 Å². The Bertz CT molecular complexity index is 461. The molecule has 1 aromatic rings. The molecule has 0 aliphatic heterocycles. The summed E-state index contributed by atoms with van der Waals surface area (Å²) in [4.78, 5) is 2.50. The molecule has 0 saturated carbocycles. The summed E-state index contributed by atoms with van der Waals surface area (Å²) < 4.78 is 23.9. The minimum absolute atomic E-state index is 0.379. The van der Waals surface area contributed by atoms with Crippen LogP contribution >= 0.6 is 0 Å². The van der Waals surface area contributed by atoms with Crippen molar-refractivity contribution in [2.24, 2.45) is 0 Å². The summed E-state index contributed by atoms with van der Waals surface area (Å²) in [6, 6.07) is 7.47. The van der Waals surface area contributed by atoms with Crippen molar-refractivity contribution >= 4 is 15.5 Å². The summed E-state index contributed by atoms with van der Waals surface area (Å²) in [5, 5.41) is -0.379. The fraction of sp³-hybridized carbons (Fsp3) is 0.538. The molecule has 0 unspecified atom stereocenters. The van der Waals surface area contributed by atoms with Crippen LogP contribution in [0.15, 0.2) is 29.2 Å². The van der Waals surface area contributed by atoms with E-state index in [1.807, 2.05) is 19.2 Å². The van der Waals surface area contributed by atoms with Crippen LogP contribution in [0.25, 0.3) is 0 Å². The molecular weight excluding hydrogens is 234 g/mol. The van der Waals surface area contributed by atoms with Crippen molar-refractivity contribution < 1.29 is 8.42 Å². The zero-order chi connectivity index (χ0) is 13.2. The third-order valence-corrected chi connectivity index (χ3v) is 5.14. The number of anilines is 1. The molecule has 0 bridgehead atoms. The molecule has 3 nitrogen and oxygen atoms in total.